The van der Waals surface area contributed by atoms with Crippen LogP contribution in [-0.2, 0) is 16.2 Å². The number of hydrogen-bond donors (Lipinski definition) is 0. The highest BCUT2D eigenvalue weighted by atomic mass is 15.2. The molecule has 0 saturated heterocycles. The number of rotatable bonds is 5. The molecule has 12 rings (SSSR count). The molecule has 0 radical (unpaired) electrons. The van der Waals surface area contributed by atoms with Gasteiger partial charge in [0.15, 0.2) is 0 Å². The van der Waals surface area contributed by atoms with E-state index in [0.717, 1.165) is 6.42 Å². The summed E-state index contributed by atoms with van der Waals surface area (Å²) >= 11 is 0. The van der Waals surface area contributed by atoms with Crippen LogP contribution < -0.4 is 15.5 Å². The van der Waals surface area contributed by atoms with Gasteiger partial charge in [-0.15, -0.1) is 0 Å². The smallest absolute Gasteiger partial charge is 0.0582 e. The van der Waals surface area contributed by atoms with Gasteiger partial charge in [0.25, 0.3) is 0 Å². The summed E-state index contributed by atoms with van der Waals surface area (Å²) in [6.07, 6.45) is 3.54. The third kappa shape index (κ3) is 4.63. The summed E-state index contributed by atoms with van der Waals surface area (Å²) in [6.45, 7) is 14.5. The topological polar surface area (TPSA) is 8.17 Å². The molecule has 4 aliphatic rings. The molecule has 1 atom stereocenters. The summed E-state index contributed by atoms with van der Waals surface area (Å²) in [4.78, 5) is 2.60. The van der Waals surface area contributed by atoms with Crippen molar-refractivity contribution in [1.29, 1.82) is 0 Å². The van der Waals surface area contributed by atoms with E-state index >= 15 is 0 Å². The molecule has 1 aromatic heterocycles. The maximum atomic E-state index is 2.68. The van der Waals surface area contributed by atoms with Gasteiger partial charge in [-0.3, -0.25) is 0 Å². The summed E-state index contributed by atoms with van der Waals surface area (Å²) in [6, 6.07) is 59.5. The van der Waals surface area contributed by atoms with E-state index in [1.807, 2.05) is 0 Å². The molecule has 7 aromatic carbocycles. The molecule has 0 N–H and O–H groups in total. The van der Waals surface area contributed by atoms with E-state index in [-0.39, 0.29) is 22.3 Å². The minimum Gasteiger partial charge on any atom is -0.334 e. The molecule has 2 heteroatoms. The minimum atomic E-state index is -0.158. The van der Waals surface area contributed by atoms with Gasteiger partial charge in [-0.1, -0.05) is 163 Å². The Balaban J connectivity index is 1.05. The molecule has 0 bridgehead atoms. The highest BCUT2D eigenvalue weighted by Gasteiger charge is 2.45. The summed E-state index contributed by atoms with van der Waals surface area (Å²) in [7, 11) is 0. The van der Waals surface area contributed by atoms with Crippen LogP contribution in [0, 0.1) is 0 Å². The number of aromatic nitrogens is 1. The Kier molecular flexibility index (Phi) is 6.96. The van der Waals surface area contributed by atoms with Crippen LogP contribution in [0.15, 0.2) is 158 Å². The lowest BCUT2D eigenvalue weighted by atomic mass is 9.67. The predicted molar refractivity (Wildman–Crippen MR) is 247 cm³/mol. The molecule has 286 valence electrons. The van der Waals surface area contributed by atoms with Crippen LogP contribution in [0.4, 0.5) is 11.4 Å². The monoisotopic (exact) mass is 760 g/mol. The molecule has 0 saturated carbocycles. The van der Waals surface area contributed by atoms with E-state index in [4.69, 9.17) is 0 Å². The van der Waals surface area contributed by atoms with E-state index < -0.39 is 0 Å². The van der Waals surface area contributed by atoms with Gasteiger partial charge in [-0.25, -0.2) is 0 Å². The van der Waals surface area contributed by atoms with Crippen molar-refractivity contribution in [2.75, 3.05) is 4.90 Å². The van der Waals surface area contributed by atoms with Crippen molar-refractivity contribution >= 4 is 33.9 Å². The van der Waals surface area contributed by atoms with Crippen LogP contribution in [-0.4, -0.2) is 10.6 Å². The molecule has 59 heavy (non-hydrogen) atoms. The lowest BCUT2D eigenvalue weighted by Crippen LogP contribution is -2.49. The summed E-state index contributed by atoms with van der Waals surface area (Å²) < 4.78 is 2.68. The maximum absolute atomic E-state index is 2.68. The van der Waals surface area contributed by atoms with Crippen molar-refractivity contribution < 1.29 is 0 Å². The van der Waals surface area contributed by atoms with Crippen LogP contribution in [0.3, 0.4) is 0 Å². The van der Waals surface area contributed by atoms with E-state index in [1.54, 1.807) is 0 Å². The first-order chi connectivity index (χ1) is 28.5. The molecule has 0 amide bonds. The van der Waals surface area contributed by atoms with Crippen LogP contribution in [0.25, 0.3) is 61.6 Å². The number of nitrogens with zero attached hydrogens (tertiary/aromatic N) is 2. The minimum absolute atomic E-state index is 0.0325. The van der Waals surface area contributed by atoms with Gasteiger partial charge in [0, 0.05) is 38.2 Å². The van der Waals surface area contributed by atoms with Gasteiger partial charge >= 0.3 is 0 Å². The predicted octanol–water partition coefficient (Wildman–Crippen LogP) is 12.7. The van der Waals surface area contributed by atoms with Crippen LogP contribution in [0.5, 0.6) is 0 Å². The Hall–Kier alpha value is -6.38. The maximum Gasteiger partial charge on any atom is 0.0582 e. The quantitative estimate of drug-likeness (QED) is 0.170. The molecule has 2 aliphatic carbocycles. The van der Waals surface area contributed by atoms with Gasteiger partial charge in [0.1, 0.15) is 0 Å². The molecule has 2 aliphatic heterocycles. The highest BCUT2D eigenvalue weighted by Crippen LogP contribution is 2.53. The Labute approximate surface area is 347 Å². The first-order valence-corrected chi connectivity index (χ1v) is 21.4. The summed E-state index contributed by atoms with van der Waals surface area (Å²) in [5.41, 5.74) is 21.2. The molecule has 2 nitrogen and oxygen atoms in total. The van der Waals surface area contributed by atoms with Crippen molar-refractivity contribution in [2.24, 2.45) is 0 Å². The fourth-order valence-corrected chi connectivity index (χ4v) is 11.6. The molecular weight excluding hydrogens is 713 g/mol. The van der Waals surface area contributed by atoms with E-state index in [1.165, 1.54) is 105 Å². The average Bonchev–Trinajstić information content (AvgIpc) is 3.71. The van der Waals surface area contributed by atoms with Crippen molar-refractivity contribution in [3.8, 4) is 39.1 Å². The fraction of sp³-hybridized carbons (Fsp3) is 0.193. The second kappa shape index (κ2) is 11.9. The van der Waals surface area contributed by atoms with Crippen molar-refractivity contribution in [3.05, 3.63) is 196 Å². The number of anilines is 2. The Bertz CT molecular complexity index is 3200. The lowest BCUT2D eigenvalue weighted by molar-refractivity contribution is 0.585. The Morgan fingerprint density at radius 1 is 0.475 bits per heavy atom. The molecule has 0 spiro atoms. The Morgan fingerprint density at radius 2 is 1.05 bits per heavy atom. The fourth-order valence-electron chi connectivity index (χ4n) is 11.6. The normalized spacial score (nSPS) is 17.9. The number of fused-ring (bicyclic) bond motifs is 4. The number of hydrogen-bond acceptors (Lipinski definition) is 1. The third-order valence-electron chi connectivity index (χ3n) is 14.7. The summed E-state index contributed by atoms with van der Waals surface area (Å²) in [5, 5.41) is 4.14. The zero-order valence-corrected chi connectivity index (χ0v) is 34.8. The largest absolute Gasteiger partial charge is 0.334 e. The molecule has 3 heterocycles. The molecular formula is C57H48N2. The number of para-hydroxylation sites is 2. The molecule has 0 fully saturated rings. The van der Waals surface area contributed by atoms with Crippen LogP contribution in [0.1, 0.15) is 75.8 Å². The SMILES string of the molecule is CC1(C)C2=c3c(c4cc(-c5ccccc5)cc5c4n3-c3c1cccc3C5(C)C)=CC(N(c1ccccc1)c1ccc(-c3ccc4c(c3)C(C)(C)c3ccccc3-4)cc1)C2. The van der Waals surface area contributed by atoms with E-state index in [2.05, 4.69) is 215 Å². The Morgan fingerprint density at radius 3 is 1.81 bits per heavy atom. The zero-order chi connectivity index (χ0) is 40.0. The van der Waals surface area contributed by atoms with Gasteiger partial charge in [-0.2, -0.15) is 0 Å². The first kappa shape index (κ1) is 34.6. The van der Waals surface area contributed by atoms with Gasteiger partial charge in [0.2, 0.25) is 0 Å². The van der Waals surface area contributed by atoms with Gasteiger partial charge in [-0.05, 0) is 116 Å². The van der Waals surface area contributed by atoms with E-state index in [0.29, 0.717) is 0 Å². The van der Waals surface area contributed by atoms with Crippen molar-refractivity contribution in [1.82, 2.24) is 4.57 Å². The van der Waals surface area contributed by atoms with Crippen LogP contribution >= 0.6 is 0 Å². The van der Waals surface area contributed by atoms with Crippen LogP contribution in [0.2, 0.25) is 0 Å². The second-order valence-electron chi connectivity index (χ2n) is 18.9. The molecule has 8 aromatic rings. The zero-order valence-electron chi connectivity index (χ0n) is 34.8. The van der Waals surface area contributed by atoms with Gasteiger partial charge in [0.05, 0.1) is 22.6 Å². The van der Waals surface area contributed by atoms with Crippen molar-refractivity contribution in [3.63, 3.8) is 0 Å². The number of benzene rings is 7. The lowest BCUT2D eigenvalue weighted by Gasteiger charge is -2.44. The summed E-state index contributed by atoms with van der Waals surface area (Å²) in [5.74, 6) is 0. The average molecular weight is 761 g/mol. The first-order valence-electron chi connectivity index (χ1n) is 21.4. The standard InChI is InChI=1S/C57H48N2/c1-55(2)46-21-14-13-20-42(46)43-29-26-37(31-49(43)55)36-24-27-40(28-25-36)58(39-18-11-8-12-19-39)41-33-45-44-30-38(35-16-9-7-10-17-35)32-50-52(44)59-53(45)51(34-41)57(5,6)48-23-15-22-47(54(48)59)56(50,3)4/h7-33,41H,34H2,1-6H3. The highest BCUT2D eigenvalue weighted by molar-refractivity contribution is 5.97. The molecule has 1 unspecified atom stereocenters. The second-order valence-corrected chi connectivity index (χ2v) is 18.9. The van der Waals surface area contributed by atoms with Crippen molar-refractivity contribution in [2.45, 2.75) is 70.3 Å². The van der Waals surface area contributed by atoms with Gasteiger partial charge < -0.3 is 9.47 Å². The third-order valence-corrected chi connectivity index (χ3v) is 14.7. The van der Waals surface area contributed by atoms with E-state index in [9.17, 15) is 0 Å².